The number of aromatic nitrogens is 2. The zero-order chi connectivity index (χ0) is 15.5. The van der Waals surface area contributed by atoms with E-state index in [2.05, 4.69) is 73.9 Å². The third kappa shape index (κ3) is 4.35. The van der Waals surface area contributed by atoms with E-state index in [1.54, 1.807) is 0 Å². The molecule has 126 valence electrons. The third-order valence-electron chi connectivity index (χ3n) is 4.44. The van der Waals surface area contributed by atoms with E-state index < -0.39 is 0 Å². The normalized spacial score (nSPS) is 20.0. The average Bonchev–Trinajstić information content (AvgIpc) is 2.94. The van der Waals surface area contributed by atoms with Gasteiger partial charge in [0.15, 0.2) is 0 Å². The van der Waals surface area contributed by atoms with E-state index in [4.69, 9.17) is 0 Å². The summed E-state index contributed by atoms with van der Waals surface area (Å²) in [4.78, 5) is 7.12. The van der Waals surface area contributed by atoms with E-state index in [1.807, 2.05) is 12.4 Å². The first-order valence-electron chi connectivity index (χ1n) is 7.82. The molecule has 0 bridgehead atoms. The lowest BCUT2D eigenvalue weighted by Gasteiger charge is -2.37. The molecule has 0 spiro atoms. The first-order valence-corrected chi connectivity index (χ1v) is 8.62. The number of benzene rings is 1. The smallest absolute Gasteiger partial charge is 0.127 e. The van der Waals surface area contributed by atoms with Crippen molar-refractivity contribution < 1.29 is 0 Å². The molecule has 1 aliphatic heterocycles. The molecule has 1 saturated heterocycles. The summed E-state index contributed by atoms with van der Waals surface area (Å²) in [5, 5.41) is 3.50. The lowest BCUT2D eigenvalue weighted by molar-refractivity contribution is 0.145. The minimum Gasteiger partial charge on any atom is -0.337 e. The lowest BCUT2D eigenvalue weighted by Crippen LogP contribution is -2.47. The Morgan fingerprint density at radius 3 is 2.96 bits per heavy atom. The van der Waals surface area contributed by atoms with Gasteiger partial charge in [-0.05, 0) is 23.6 Å². The maximum Gasteiger partial charge on any atom is 0.127 e. The summed E-state index contributed by atoms with van der Waals surface area (Å²) in [6, 6.07) is 8.99. The number of imidazole rings is 1. The maximum absolute atomic E-state index is 4.56. The Kier molecular flexibility index (Phi) is 6.65. The van der Waals surface area contributed by atoms with Gasteiger partial charge in [-0.3, -0.25) is 4.90 Å². The van der Waals surface area contributed by atoms with E-state index in [9.17, 15) is 0 Å². The van der Waals surface area contributed by atoms with Gasteiger partial charge < -0.3 is 9.88 Å². The van der Waals surface area contributed by atoms with Crippen LogP contribution in [0.15, 0.2) is 41.1 Å². The van der Waals surface area contributed by atoms with E-state index in [0.29, 0.717) is 12.0 Å². The van der Waals surface area contributed by atoms with Gasteiger partial charge in [-0.1, -0.05) is 35.0 Å². The number of halogens is 2. The first-order chi connectivity index (χ1) is 10.6. The fourth-order valence-electron chi connectivity index (χ4n) is 3.19. The van der Waals surface area contributed by atoms with E-state index in [1.165, 1.54) is 5.56 Å². The van der Waals surface area contributed by atoms with E-state index >= 15 is 0 Å². The standard InChI is InChI=1S/C17H23BrN4.ClH/c1-13(14-4-3-5-15(18)10-14)12-22-9-6-19-11-16(22)17-20-7-8-21(17)2;/h3-5,7-8,10,13,16,19H,6,9,11-12H2,1-2H3;1H. The summed E-state index contributed by atoms with van der Waals surface area (Å²) in [7, 11) is 2.08. The number of rotatable bonds is 4. The molecule has 1 fully saturated rings. The average molecular weight is 400 g/mol. The van der Waals surface area contributed by atoms with Gasteiger partial charge in [-0.25, -0.2) is 4.98 Å². The van der Waals surface area contributed by atoms with Crippen LogP contribution in [0, 0.1) is 0 Å². The van der Waals surface area contributed by atoms with Crippen LogP contribution in [0.3, 0.4) is 0 Å². The van der Waals surface area contributed by atoms with Gasteiger partial charge in [0.1, 0.15) is 5.82 Å². The quantitative estimate of drug-likeness (QED) is 0.856. The van der Waals surface area contributed by atoms with Gasteiger partial charge in [0.2, 0.25) is 0 Å². The predicted molar refractivity (Wildman–Crippen MR) is 100 cm³/mol. The highest BCUT2D eigenvalue weighted by Crippen LogP contribution is 2.26. The highest BCUT2D eigenvalue weighted by molar-refractivity contribution is 9.10. The monoisotopic (exact) mass is 398 g/mol. The topological polar surface area (TPSA) is 33.1 Å². The third-order valence-corrected chi connectivity index (χ3v) is 4.93. The molecule has 2 atom stereocenters. The summed E-state index contributed by atoms with van der Waals surface area (Å²) in [5.41, 5.74) is 1.38. The second-order valence-corrected chi connectivity index (χ2v) is 6.98. The van der Waals surface area contributed by atoms with Crippen LogP contribution in [0.1, 0.15) is 30.3 Å². The molecule has 2 heterocycles. The molecule has 0 amide bonds. The number of piperazine rings is 1. The highest BCUT2D eigenvalue weighted by atomic mass is 79.9. The number of hydrogen-bond donors (Lipinski definition) is 1. The molecular weight excluding hydrogens is 376 g/mol. The van der Waals surface area contributed by atoms with Crippen LogP contribution >= 0.6 is 28.3 Å². The van der Waals surface area contributed by atoms with Crippen molar-refractivity contribution in [2.45, 2.75) is 18.9 Å². The molecule has 0 saturated carbocycles. The molecule has 1 aromatic carbocycles. The fourth-order valence-corrected chi connectivity index (χ4v) is 3.60. The van der Waals surface area contributed by atoms with Crippen molar-refractivity contribution in [3.63, 3.8) is 0 Å². The second kappa shape index (κ2) is 8.29. The van der Waals surface area contributed by atoms with Gasteiger partial charge in [-0.15, -0.1) is 12.4 Å². The predicted octanol–water partition coefficient (Wildman–Crippen LogP) is 3.35. The van der Waals surface area contributed by atoms with Crippen molar-refractivity contribution in [3.05, 3.63) is 52.5 Å². The summed E-state index contributed by atoms with van der Waals surface area (Å²) in [5.74, 6) is 1.65. The van der Waals surface area contributed by atoms with Gasteiger partial charge >= 0.3 is 0 Å². The largest absolute Gasteiger partial charge is 0.337 e. The highest BCUT2D eigenvalue weighted by Gasteiger charge is 2.27. The molecule has 2 unspecified atom stereocenters. The zero-order valence-corrected chi connectivity index (χ0v) is 16.0. The Labute approximate surface area is 152 Å². The number of nitrogens with one attached hydrogen (secondary N) is 1. The fraction of sp³-hybridized carbons (Fsp3) is 0.471. The minimum absolute atomic E-state index is 0. The van der Waals surface area contributed by atoms with Crippen molar-refractivity contribution in [1.82, 2.24) is 19.8 Å². The molecule has 3 rings (SSSR count). The van der Waals surface area contributed by atoms with Crippen LogP contribution < -0.4 is 5.32 Å². The molecule has 0 radical (unpaired) electrons. The Morgan fingerprint density at radius 1 is 1.43 bits per heavy atom. The van der Waals surface area contributed by atoms with Gasteiger partial charge in [0.25, 0.3) is 0 Å². The van der Waals surface area contributed by atoms with Crippen molar-refractivity contribution in [3.8, 4) is 0 Å². The van der Waals surface area contributed by atoms with E-state index in [-0.39, 0.29) is 12.4 Å². The lowest BCUT2D eigenvalue weighted by atomic mass is 9.99. The Bertz CT molecular complexity index is 631. The second-order valence-electron chi connectivity index (χ2n) is 6.07. The molecule has 6 heteroatoms. The number of hydrogen-bond acceptors (Lipinski definition) is 3. The molecule has 4 nitrogen and oxygen atoms in total. The summed E-state index contributed by atoms with van der Waals surface area (Å²) >= 11 is 3.57. The van der Waals surface area contributed by atoms with Crippen LogP contribution in [0.4, 0.5) is 0 Å². The molecule has 1 aromatic heterocycles. The van der Waals surface area contributed by atoms with Crippen LogP contribution in [0.2, 0.25) is 0 Å². The minimum atomic E-state index is 0. The summed E-state index contributed by atoms with van der Waals surface area (Å²) < 4.78 is 3.28. The Morgan fingerprint density at radius 2 is 2.26 bits per heavy atom. The Hall–Kier alpha value is -0.880. The zero-order valence-electron chi connectivity index (χ0n) is 13.6. The van der Waals surface area contributed by atoms with Crippen molar-refractivity contribution in [2.75, 3.05) is 26.2 Å². The van der Waals surface area contributed by atoms with Crippen LogP contribution in [0.25, 0.3) is 0 Å². The van der Waals surface area contributed by atoms with Crippen LogP contribution in [-0.4, -0.2) is 40.6 Å². The van der Waals surface area contributed by atoms with Crippen molar-refractivity contribution >= 4 is 28.3 Å². The van der Waals surface area contributed by atoms with Gasteiger partial charge in [0, 0.05) is 50.1 Å². The van der Waals surface area contributed by atoms with E-state index in [0.717, 1.165) is 36.5 Å². The molecule has 23 heavy (non-hydrogen) atoms. The maximum atomic E-state index is 4.56. The van der Waals surface area contributed by atoms with Crippen LogP contribution in [-0.2, 0) is 7.05 Å². The van der Waals surface area contributed by atoms with Crippen molar-refractivity contribution in [2.24, 2.45) is 7.05 Å². The summed E-state index contributed by atoms with van der Waals surface area (Å²) in [6.07, 6.45) is 3.92. The SMILES string of the molecule is CC(CN1CCNCC1c1nccn1C)c1cccc(Br)c1.Cl. The molecule has 0 aliphatic carbocycles. The molecule has 1 N–H and O–H groups in total. The molecule has 1 aliphatic rings. The van der Waals surface area contributed by atoms with Crippen molar-refractivity contribution in [1.29, 1.82) is 0 Å². The molecular formula is C17H24BrClN4. The summed E-state index contributed by atoms with van der Waals surface area (Å²) in [6.45, 7) is 6.44. The van der Waals surface area contributed by atoms with Gasteiger partial charge in [0.05, 0.1) is 6.04 Å². The van der Waals surface area contributed by atoms with Gasteiger partial charge in [-0.2, -0.15) is 0 Å². The van der Waals surface area contributed by atoms with Crippen LogP contribution in [0.5, 0.6) is 0 Å². The Balaban J connectivity index is 0.00000192. The number of aryl methyl sites for hydroxylation is 1. The molecule has 2 aromatic rings. The number of nitrogens with zero attached hydrogens (tertiary/aromatic N) is 3. The first kappa shape index (κ1) is 18.5.